The number of ether oxygens (including phenoxy) is 2. The number of fused-ring (bicyclic) bond motifs is 1. The van der Waals surface area contributed by atoms with Crippen molar-refractivity contribution < 1.29 is 27.1 Å². The van der Waals surface area contributed by atoms with E-state index >= 15 is 4.39 Å². The molecule has 0 bridgehead atoms. The molecule has 216 valence electrons. The summed E-state index contributed by atoms with van der Waals surface area (Å²) in [5.74, 6) is 0.674. The smallest absolute Gasteiger partial charge is 0.229 e. The van der Waals surface area contributed by atoms with E-state index in [0.717, 1.165) is 16.8 Å². The molecule has 1 N–H and O–H groups in total. The van der Waals surface area contributed by atoms with E-state index in [4.69, 9.17) is 14.5 Å². The Labute approximate surface area is 238 Å². The van der Waals surface area contributed by atoms with Gasteiger partial charge in [-0.25, -0.2) is 17.8 Å². The number of nitrogens with zero attached hydrogens (tertiary/aromatic N) is 4. The minimum Gasteiger partial charge on any atom is -0.490 e. The first-order chi connectivity index (χ1) is 19.7. The second-order valence-corrected chi connectivity index (χ2v) is 12.0. The maximum absolute atomic E-state index is 15.2. The van der Waals surface area contributed by atoms with Crippen molar-refractivity contribution in [2.24, 2.45) is 0 Å². The van der Waals surface area contributed by atoms with E-state index in [-0.39, 0.29) is 42.5 Å². The molecule has 0 atom stereocenters. The lowest BCUT2D eigenvalue weighted by Gasteiger charge is -2.26. The number of benzene rings is 2. The van der Waals surface area contributed by atoms with Crippen molar-refractivity contribution in [3.63, 3.8) is 0 Å². The average molecular weight is 582 g/mol. The number of hydrogen-bond donors (Lipinski definition) is 1. The van der Waals surface area contributed by atoms with E-state index in [0.29, 0.717) is 42.0 Å². The summed E-state index contributed by atoms with van der Waals surface area (Å²) < 4.78 is 51.7. The van der Waals surface area contributed by atoms with E-state index in [2.05, 4.69) is 10.3 Å². The van der Waals surface area contributed by atoms with E-state index < -0.39 is 15.7 Å². The summed E-state index contributed by atoms with van der Waals surface area (Å²) in [5, 5.41) is 3.99. The van der Waals surface area contributed by atoms with Gasteiger partial charge in [0.15, 0.2) is 21.3 Å². The summed E-state index contributed by atoms with van der Waals surface area (Å²) in [7, 11) is -3.11. The Kier molecular flexibility index (Phi) is 8.11. The van der Waals surface area contributed by atoms with Crippen molar-refractivity contribution in [2.75, 3.05) is 43.1 Å². The molecule has 0 aliphatic carbocycles. The SMILES string of the molecule is CCOc1ccc(Nc2ncc3cc(C)n(-c4ccc(CC(=O)N5CCS(=O)(=O)CC5)c(F)c4)c3n2)cc1OCC. The molecule has 10 nitrogen and oxygen atoms in total. The van der Waals surface area contributed by atoms with Crippen LogP contribution in [0.3, 0.4) is 0 Å². The first kappa shape index (κ1) is 28.3. The van der Waals surface area contributed by atoms with Gasteiger partial charge in [-0.2, -0.15) is 4.98 Å². The molecule has 0 saturated carbocycles. The summed E-state index contributed by atoms with van der Waals surface area (Å²) >= 11 is 0. The van der Waals surface area contributed by atoms with Crippen LogP contribution in [0.2, 0.25) is 0 Å². The molecule has 2 aromatic carbocycles. The number of halogens is 1. The molecule has 1 saturated heterocycles. The van der Waals surface area contributed by atoms with Crippen LogP contribution in [-0.4, -0.2) is 71.6 Å². The van der Waals surface area contributed by atoms with Gasteiger partial charge in [0, 0.05) is 42.1 Å². The van der Waals surface area contributed by atoms with Crippen LogP contribution in [0.1, 0.15) is 25.1 Å². The molecule has 0 unspecified atom stereocenters. The maximum atomic E-state index is 15.2. The van der Waals surface area contributed by atoms with Crippen molar-refractivity contribution in [1.82, 2.24) is 19.4 Å². The van der Waals surface area contributed by atoms with Crippen LogP contribution < -0.4 is 14.8 Å². The number of hydrogen-bond acceptors (Lipinski definition) is 8. The number of aromatic nitrogens is 3. The molecular formula is C29H32FN5O5S. The molecule has 1 aliphatic rings. The van der Waals surface area contributed by atoms with Gasteiger partial charge in [-0.15, -0.1) is 0 Å². The molecule has 3 heterocycles. The normalized spacial score (nSPS) is 14.7. The molecule has 1 amide bonds. The van der Waals surface area contributed by atoms with E-state index in [1.54, 1.807) is 18.3 Å². The van der Waals surface area contributed by atoms with Crippen LogP contribution in [-0.2, 0) is 21.1 Å². The maximum Gasteiger partial charge on any atom is 0.229 e. The van der Waals surface area contributed by atoms with Gasteiger partial charge in [0.2, 0.25) is 11.9 Å². The highest BCUT2D eigenvalue weighted by molar-refractivity contribution is 7.91. The standard InChI is InChI=1S/C29H32FN5O5S/c1-4-39-25-9-7-22(16-26(25)40-5-2)32-29-31-18-21-14-19(3)35(28(21)33-29)23-8-6-20(24(30)17-23)15-27(36)34-10-12-41(37,38)13-11-34/h6-9,14,16-18H,4-5,10-13,15H2,1-3H3,(H,31,32,33). The lowest BCUT2D eigenvalue weighted by Crippen LogP contribution is -2.44. The third-order valence-corrected chi connectivity index (χ3v) is 8.47. The van der Waals surface area contributed by atoms with Crippen LogP contribution in [0.4, 0.5) is 16.0 Å². The Morgan fingerprint density at radius 3 is 2.46 bits per heavy atom. The number of rotatable bonds is 9. The molecule has 12 heteroatoms. The molecular weight excluding hydrogens is 549 g/mol. The molecule has 2 aromatic heterocycles. The summed E-state index contributed by atoms with van der Waals surface area (Å²) in [4.78, 5) is 23.3. The van der Waals surface area contributed by atoms with Crippen molar-refractivity contribution in [1.29, 1.82) is 0 Å². The van der Waals surface area contributed by atoms with Crippen molar-refractivity contribution in [3.05, 3.63) is 65.7 Å². The van der Waals surface area contributed by atoms with E-state index in [9.17, 15) is 13.2 Å². The van der Waals surface area contributed by atoms with E-state index in [1.165, 1.54) is 11.0 Å². The fourth-order valence-corrected chi connectivity index (χ4v) is 6.02. The number of anilines is 2. The van der Waals surface area contributed by atoms with Gasteiger partial charge in [0.1, 0.15) is 11.5 Å². The number of carbonyl (C=O) groups is 1. The molecule has 41 heavy (non-hydrogen) atoms. The van der Waals surface area contributed by atoms with Crippen LogP contribution in [0.5, 0.6) is 11.5 Å². The van der Waals surface area contributed by atoms with Crippen LogP contribution in [0.25, 0.3) is 16.7 Å². The average Bonchev–Trinajstić information content (AvgIpc) is 3.26. The van der Waals surface area contributed by atoms with Gasteiger partial charge in [0.25, 0.3) is 0 Å². The Balaban J connectivity index is 1.38. The topological polar surface area (TPSA) is 116 Å². The second-order valence-electron chi connectivity index (χ2n) is 9.73. The van der Waals surface area contributed by atoms with Gasteiger partial charge in [0.05, 0.1) is 36.8 Å². The highest BCUT2D eigenvalue weighted by Gasteiger charge is 2.25. The molecule has 0 spiro atoms. The second kappa shape index (κ2) is 11.7. The highest BCUT2D eigenvalue weighted by Crippen LogP contribution is 2.32. The molecule has 4 aromatic rings. The van der Waals surface area contributed by atoms with Gasteiger partial charge in [-0.1, -0.05) is 6.07 Å². The first-order valence-corrected chi connectivity index (χ1v) is 15.3. The van der Waals surface area contributed by atoms with Gasteiger partial charge in [-0.3, -0.25) is 9.36 Å². The Hall–Kier alpha value is -4.19. The highest BCUT2D eigenvalue weighted by atomic mass is 32.2. The minimum atomic E-state index is -3.11. The Morgan fingerprint density at radius 1 is 1.02 bits per heavy atom. The quantitative estimate of drug-likeness (QED) is 0.313. The lowest BCUT2D eigenvalue weighted by molar-refractivity contribution is -0.130. The number of sulfone groups is 1. The van der Waals surface area contributed by atoms with Crippen LogP contribution in [0.15, 0.2) is 48.7 Å². The lowest BCUT2D eigenvalue weighted by atomic mass is 10.1. The zero-order valence-electron chi connectivity index (χ0n) is 23.2. The third-order valence-electron chi connectivity index (χ3n) is 6.86. The third kappa shape index (κ3) is 6.27. The number of amides is 1. The number of carbonyl (C=O) groups excluding carboxylic acids is 1. The van der Waals surface area contributed by atoms with Crippen molar-refractivity contribution in [3.8, 4) is 17.2 Å². The predicted octanol–water partition coefficient (Wildman–Crippen LogP) is 4.21. The Bertz CT molecular complexity index is 1690. The monoisotopic (exact) mass is 581 g/mol. The molecule has 1 aliphatic heterocycles. The summed E-state index contributed by atoms with van der Waals surface area (Å²) in [6.07, 6.45) is 1.56. The number of aryl methyl sites for hydroxylation is 1. The van der Waals surface area contributed by atoms with Gasteiger partial charge in [-0.05, 0) is 56.7 Å². The zero-order chi connectivity index (χ0) is 29.1. The summed E-state index contributed by atoms with van der Waals surface area (Å²) in [6, 6.07) is 12.1. The Morgan fingerprint density at radius 2 is 1.76 bits per heavy atom. The summed E-state index contributed by atoms with van der Waals surface area (Å²) in [6.45, 7) is 6.99. The predicted molar refractivity (Wildman–Crippen MR) is 155 cm³/mol. The number of nitrogens with one attached hydrogen (secondary N) is 1. The van der Waals surface area contributed by atoms with Crippen LogP contribution in [0, 0.1) is 12.7 Å². The zero-order valence-corrected chi connectivity index (χ0v) is 24.0. The fourth-order valence-electron chi connectivity index (χ4n) is 4.82. The van der Waals surface area contributed by atoms with Crippen molar-refractivity contribution >= 4 is 38.4 Å². The largest absolute Gasteiger partial charge is 0.490 e. The van der Waals surface area contributed by atoms with Crippen LogP contribution >= 0.6 is 0 Å². The fraction of sp³-hybridized carbons (Fsp3) is 0.345. The van der Waals surface area contributed by atoms with Gasteiger partial charge >= 0.3 is 0 Å². The molecule has 0 radical (unpaired) electrons. The van der Waals surface area contributed by atoms with Crippen molar-refractivity contribution in [2.45, 2.75) is 27.2 Å². The molecule has 5 rings (SSSR count). The molecule has 1 fully saturated rings. The van der Waals surface area contributed by atoms with E-state index in [1.807, 2.05) is 49.6 Å². The summed E-state index contributed by atoms with van der Waals surface area (Å²) in [5.41, 5.74) is 2.95. The van der Waals surface area contributed by atoms with Gasteiger partial charge < -0.3 is 19.7 Å². The minimum absolute atomic E-state index is 0.0644. The first-order valence-electron chi connectivity index (χ1n) is 13.5.